The number of rotatable bonds is 11. The minimum Gasteiger partial charge on any atom is -0.487 e. The summed E-state index contributed by atoms with van der Waals surface area (Å²) in [5.74, 6) is -1.59. The van der Waals surface area contributed by atoms with Crippen LogP contribution < -0.4 is 4.74 Å². The van der Waals surface area contributed by atoms with Gasteiger partial charge in [-0.2, -0.15) is 0 Å². The van der Waals surface area contributed by atoms with Crippen LogP contribution in [-0.2, 0) is 29.0 Å². The lowest BCUT2D eigenvalue weighted by atomic mass is 9.84. The lowest BCUT2D eigenvalue weighted by molar-refractivity contribution is -0.143. The van der Waals surface area contributed by atoms with Crippen molar-refractivity contribution < 1.29 is 27.4 Å². The third kappa shape index (κ3) is 7.12. The van der Waals surface area contributed by atoms with Crippen LogP contribution in [0.5, 0.6) is 5.75 Å². The summed E-state index contributed by atoms with van der Waals surface area (Å²) in [5.41, 5.74) is 4.24. The number of halogens is 3. The van der Waals surface area contributed by atoms with E-state index in [-0.39, 0.29) is 36.5 Å². The van der Waals surface area contributed by atoms with Gasteiger partial charge in [-0.1, -0.05) is 30.3 Å². The molecule has 0 N–H and O–H groups in total. The quantitative estimate of drug-likeness (QED) is 0.214. The first kappa shape index (κ1) is 30.8. The van der Waals surface area contributed by atoms with Gasteiger partial charge in [0.15, 0.2) is 0 Å². The minimum absolute atomic E-state index is 0.0363. The van der Waals surface area contributed by atoms with E-state index in [1.54, 1.807) is 19.2 Å². The van der Waals surface area contributed by atoms with Crippen molar-refractivity contribution in [3.63, 3.8) is 0 Å². The number of esters is 1. The van der Waals surface area contributed by atoms with E-state index in [2.05, 4.69) is 11.1 Å². The SMILES string of the molecule is CCOC(=O)CCCc1ccc(COc2cc(F)c([C@@H]3C4=C(C[C@@H](C)N3CC(C)(C)F)c3ccccc3C4)c(F)c2)nc1. The number of aromatic nitrogens is 1. The minimum atomic E-state index is -1.55. The highest BCUT2D eigenvalue weighted by Crippen LogP contribution is 2.50. The first-order chi connectivity index (χ1) is 20.5. The fourth-order valence-corrected chi connectivity index (χ4v) is 6.27. The molecule has 3 aromatic rings. The van der Waals surface area contributed by atoms with Gasteiger partial charge < -0.3 is 9.47 Å². The van der Waals surface area contributed by atoms with Crippen LogP contribution in [0.1, 0.15) is 80.9 Å². The Bertz CT molecular complexity index is 1470. The number of hydrogen-bond acceptors (Lipinski definition) is 5. The van der Waals surface area contributed by atoms with Gasteiger partial charge in [-0.25, -0.2) is 13.2 Å². The summed E-state index contributed by atoms with van der Waals surface area (Å²) in [6, 6.07) is 13.3. The number of carbonyl (C=O) groups excluding carboxylic acids is 1. The first-order valence-corrected chi connectivity index (χ1v) is 15.0. The van der Waals surface area contributed by atoms with Crippen LogP contribution in [0.4, 0.5) is 13.2 Å². The lowest BCUT2D eigenvalue weighted by Gasteiger charge is -2.44. The molecule has 2 aliphatic rings. The number of ether oxygens (including phenoxy) is 2. The Balaban J connectivity index is 1.34. The Labute approximate surface area is 251 Å². The monoisotopic (exact) mass is 592 g/mol. The molecule has 228 valence electrons. The predicted molar refractivity (Wildman–Crippen MR) is 160 cm³/mol. The number of carbonyl (C=O) groups is 1. The number of aryl methyl sites for hydroxylation is 1. The molecule has 0 saturated carbocycles. The molecule has 0 radical (unpaired) electrons. The largest absolute Gasteiger partial charge is 0.487 e. The Morgan fingerprint density at radius 2 is 1.86 bits per heavy atom. The molecular weight excluding hydrogens is 553 g/mol. The molecule has 2 aromatic carbocycles. The molecule has 5 nitrogen and oxygen atoms in total. The smallest absolute Gasteiger partial charge is 0.305 e. The molecule has 0 saturated heterocycles. The van der Waals surface area contributed by atoms with Gasteiger partial charge in [-0.15, -0.1) is 0 Å². The number of pyridine rings is 1. The van der Waals surface area contributed by atoms with Gasteiger partial charge in [-0.05, 0) is 87.3 Å². The third-order valence-corrected chi connectivity index (χ3v) is 8.15. The summed E-state index contributed by atoms with van der Waals surface area (Å²) in [6.07, 6.45) is 4.68. The second-order valence-electron chi connectivity index (χ2n) is 12.1. The second-order valence-corrected chi connectivity index (χ2v) is 12.1. The van der Waals surface area contributed by atoms with Gasteiger partial charge in [-0.3, -0.25) is 14.7 Å². The molecule has 2 atom stereocenters. The Morgan fingerprint density at radius 1 is 1.12 bits per heavy atom. The summed E-state index contributed by atoms with van der Waals surface area (Å²) in [6.45, 7) is 7.23. The number of fused-ring (bicyclic) bond motifs is 2. The van der Waals surface area contributed by atoms with E-state index in [0.717, 1.165) is 27.8 Å². The highest BCUT2D eigenvalue weighted by molar-refractivity contribution is 5.79. The number of benzene rings is 2. The lowest BCUT2D eigenvalue weighted by Crippen LogP contribution is -2.47. The summed E-state index contributed by atoms with van der Waals surface area (Å²) in [4.78, 5) is 17.8. The van der Waals surface area contributed by atoms with Gasteiger partial charge in [0.25, 0.3) is 0 Å². The maximum Gasteiger partial charge on any atom is 0.305 e. The van der Waals surface area contributed by atoms with Crippen molar-refractivity contribution in [1.29, 1.82) is 0 Å². The number of hydrogen-bond donors (Lipinski definition) is 0. The molecule has 1 aromatic heterocycles. The van der Waals surface area contributed by atoms with Crippen molar-refractivity contribution in [2.45, 2.75) is 84.2 Å². The van der Waals surface area contributed by atoms with Crippen molar-refractivity contribution >= 4 is 11.5 Å². The molecule has 0 amide bonds. The van der Waals surface area contributed by atoms with Gasteiger partial charge >= 0.3 is 5.97 Å². The van der Waals surface area contributed by atoms with E-state index in [0.29, 0.717) is 44.4 Å². The van der Waals surface area contributed by atoms with Gasteiger partial charge in [0.05, 0.1) is 18.3 Å². The molecule has 0 unspecified atom stereocenters. The molecule has 1 aliphatic heterocycles. The molecule has 8 heteroatoms. The van der Waals surface area contributed by atoms with E-state index in [9.17, 15) is 4.79 Å². The zero-order valence-electron chi connectivity index (χ0n) is 25.3. The van der Waals surface area contributed by atoms with Crippen LogP contribution in [0.15, 0.2) is 60.3 Å². The number of nitrogens with zero attached hydrogens (tertiary/aromatic N) is 2. The van der Waals surface area contributed by atoms with E-state index in [1.165, 1.54) is 26.0 Å². The molecule has 0 fully saturated rings. The van der Waals surface area contributed by atoms with Gasteiger partial charge in [0.1, 0.15) is 29.7 Å². The molecule has 1 aliphatic carbocycles. The maximum atomic E-state index is 15.9. The maximum absolute atomic E-state index is 15.9. The van der Waals surface area contributed by atoms with Crippen molar-refractivity contribution in [3.05, 3.63) is 99.9 Å². The summed E-state index contributed by atoms with van der Waals surface area (Å²) in [5, 5.41) is 0. The molecule has 5 rings (SSSR count). The Morgan fingerprint density at radius 3 is 2.53 bits per heavy atom. The van der Waals surface area contributed by atoms with Crippen molar-refractivity contribution in [3.8, 4) is 5.75 Å². The van der Waals surface area contributed by atoms with Crippen molar-refractivity contribution in [2.24, 2.45) is 0 Å². The number of alkyl halides is 1. The standard InChI is InChI=1S/C35H39F3N2O3/c1-5-42-32(41)12-8-9-23-13-14-25(39-19-23)20-43-26-17-30(36)33(31(37)18-26)34-29-16-24-10-6-7-11-27(24)28(29)15-22(2)40(34)21-35(3,4)38/h6-7,10-11,13-14,17-19,22,34H,5,8-9,12,15-16,20-21H2,1-4H3/t22-,34+/m1/s1. The molecular formula is C35H39F3N2O3. The van der Waals surface area contributed by atoms with Gasteiger partial charge in [0.2, 0.25) is 0 Å². The second kappa shape index (κ2) is 12.9. The van der Waals surface area contributed by atoms with Crippen LogP contribution in [0, 0.1) is 11.6 Å². The van der Waals surface area contributed by atoms with Crippen LogP contribution >= 0.6 is 0 Å². The van der Waals surface area contributed by atoms with Crippen LogP contribution in [0.3, 0.4) is 0 Å². The summed E-state index contributed by atoms with van der Waals surface area (Å²) < 4.78 is 57.5. The summed E-state index contributed by atoms with van der Waals surface area (Å²) in [7, 11) is 0. The van der Waals surface area contributed by atoms with Crippen molar-refractivity contribution in [1.82, 2.24) is 9.88 Å². The van der Waals surface area contributed by atoms with E-state index in [1.807, 2.05) is 36.1 Å². The fourth-order valence-electron chi connectivity index (χ4n) is 6.27. The fraction of sp³-hybridized carbons (Fsp3) is 0.429. The van der Waals surface area contributed by atoms with Crippen molar-refractivity contribution in [2.75, 3.05) is 13.2 Å². The van der Waals surface area contributed by atoms with E-state index in [4.69, 9.17) is 9.47 Å². The Hall–Kier alpha value is -3.65. The predicted octanol–water partition coefficient (Wildman–Crippen LogP) is 7.72. The average molecular weight is 593 g/mol. The van der Waals surface area contributed by atoms with Crippen LogP contribution in [-0.4, -0.2) is 40.7 Å². The molecule has 43 heavy (non-hydrogen) atoms. The highest BCUT2D eigenvalue weighted by Gasteiger charge is 2.43. The molecule has 0 bridgehead atoms. The highest BCUT2D eigenvalue weighted by atomic mass is 19.1. The molecule has 0 spiro atoms. The normalized spacial score (nSPS) is 18.4. The van der Waals surface area contributed by atoms with Crippen LogP contribution in [0.25, 0.3) is 5.57 Å². The molecule has 2 heterocycles. The van der Waals surface area contributed by atoms with Gasteiger partial charge in [0, 0.05) is 42.9 Å². The van der Waals surface area contributed by atoms with E-state index < -0.39 is 23.3 Å². The zero-order valence-corrected chi connectivity index (χ0v) is 25.3. The third-order valence-electron chi connectivity index (χ3n) is 8.15. The average Bonchev–Trinajstić information content (AvgIpc) is 3.31. The first-order valence-electron chi connectivity index (χ1n) is 15.0. The zero-order chi connectivity index (χ0) is 30.7. The summed E-state index contributed by atoms with van der Waals surface area (Å²) >= 11 is 0. The topological polar surface area (TPSA) is 51.7 Å². The van der Waals surface area contributed by atoms with E-state index >= 15 is 13.2 Å². The van der Waals surface area contributed by atoms with Crippen LogP contribution in [0.2, 0.25) is 0 Å². The Kier molecular flexibility index (Phi) is 9.25.